The molecule has 0 unspecified atom stereocenters. The Bertz CT molecular complexity index is 81.3. The zero-order valence-electron chi connectivity index (χ0n) is 6.94. The highest BCUT2D eigenvalue weighted by atomic mass is 16.5. The van der Waals surface area contributed by atoms with Crippen molar-refractivity contribution >= 4 is 0 Å². The highest BCUT2D eigenvalue weighted by molar-refractivity contribution is 4.93. The van der Waals surface area contributed by atoms with E-state index in [1.54, 1.807) is 7.11 Å². The summed E-state index contributed by atoms with van der Waals surface area (Å²) in [5.41, 5.74) is 1.26. The predicted octanol–water partition coefficient (Wildman–Crippen LogP) is 1.19. The molecule has 0 radical (unpaired) electrons. The molecule has 0 saturated carbocycles. The van der Waals surface area contributed by atoms with Crippen LogP contribution in [-0.2, 0) is 4.74 Å². The van der Waals surface area contributed by atoms with Gasteiger partial charge in [-0.1, -0.05) is 12.2 Å². The van der Waals surface area contributed by atoms with Gasteiger partial charge >= 0.3 is 0 Å². The number of methoxy groups -OCH3 is 1. The fourth-order valence-corrected chi connectivity index (χ4v) is 0.673. The molecular weight excluding hydrogens is 126 g/mol. The van der Waals surface area contributed by atoms with Crippen LogP contribution in [0.15, 0.2) is 12.2 Å². The molecule has 0 bridgehead atoms. The van der Waals surface area contributed by atoms with E-state index in [9.17, 15) is 0 Å². The van der Waals surface area contributed by atoms with Gasteiger partial charge in [-0.2, -0.15) is 0 Å². The molecule has 0 amide bonds. The van der Waals surface area contributed by atoms with E-state index in [-0.39, 0.29) is 0 Å². The summed E-state index contributed by atoms with van der Waals surface area (Å²) in [7, 11) is 3.66. The van der Waals surface area contributed by atoms with Crippen molar-refractivity contribution < 1.29 is 4.74 Å². The molecule has 60 valence electrons. The molecule has 0 aromatic heterocycles. The van der Waals surface area contributed by atoms with Gasteiger partial charge in [0.2, 0.25) is 0 Å². The first-order chi connectivity index (χ1) is 4.81. The summed E-state index contributed by atoms with van der Waals surface area (Å²) in [5, 5.41) is 3.07. The molecule has 2 heteroatoms. The summed E-state index contributed by atoms with van der Waals surface area (Å²) >= 11 is 0. The number of hydrogen-bond acceptors (Lipinski definition) is 2. The lowest BCUT2D eigenvalue weighted by Crippen LogP contribution is -2.08. The third kappa shape index (κ3) is 5.79. The third-order valence-corrected chi connectivity index (χ3v) is 1.39. The maximum absolute atomic E-state index is 4.91. The van der Waals surface area contributed by atoms with E-state index in [4.69, 9.17) is 4.74 Å². The molecule has 0 heterocycles. The van der Waals surface area contributed by atoms with E-state index < -0.39 is 0 Å². The van der Waals surface area contributed by atoms with E-state index >= 15 is 0 Å². The van der Waals surface area contributed by atoms with E-state index in [1.165, 1.54) is 5.57 Å². The standard InChI is InChI=1S/C8H17NO/c1-8(4-6-9-2)5-7-10-3/h9H,1,4-7H2,2-3H3. The average Bonchev–Trinajstić information content (AvgIpc) is 1.97. The molecule has 2 nitrogen and oxygen atoms in total. The van der Waals surface area contributed by atoms with Crippen molar-refractivity contribution in [3.8, 4) is 0 Å². The second-order valence-electron chi connectivity index (χ2n) is 2.35. The van der Waals surface area contributed by atoms with Gasteiger partial charge in [-0.3, -0.25) is 0 Å². The maximum atomic E-state index is 4.91. The van der Waals surface area contributed by atoms with Gasteiger partial charge in [-0.15, -0.1) is 0 Å². The monoisotopic (exact) mass is 143 g/mol. The Balaban J connectivity index is 3.09. The Labute approximate surface area is 63.3 Å². The van der Waals surface area contributed by atoms with E-state index in [0.29, 0.717) is 0 Å². The maximum Gasteiger partial charge on any atom is 0.0499 e. The van der Waals surface area contributed by atoms with Crippen LogP contribution in [0.3, 0.4) is 0 Å². The Morgan fingerprint density at radius 1 is 1.50 bits per heavy atom. The Hall–Kier alpha value is -0.340. The Morgan fingerprint density at radius 3 is 2.70 bits per heavy atom. The van der Waals surface area contributed by atoms with Crippen LogP contribution in [0.5, 0.6) is 0 Å². The lowest BCUT2D eigenvalue weighted by Gasteiger charge is -2.03. The zero-order chi connectivity index (χ0) is 7.82. The zero-order valence-corrected chi connectivity index (χ0v) is 6.94. The second-order valence-corrected chi connectivity index (χ2v) is 2.35. The summed E-state index contributed by atoms with van der Waals surface area (Å²) in [6, 6.07) is 0. The van der Waals surface area contributed by atoms with Crippen LogP contribution in [0, 0.1) is 0 Å². The van der Waals surface area contributed by atoms with Crippen LogP contribution in [-0.4, -0.2) is 27.3 Å². The van der Waals surface area contributed by atoms with Crippen LogP contribution in [0.1, 0.15) is 12.8 Å². The minimum atomic E-state index is 0.794. The predicted molar refractivity (Wildman–Crippen MR) is 44.2 cm³/mol. The number of nitrogens with one attached hydrogen (secondary N) is 1. The molecule has 0 aromatic rings. The number of rotatable bonds is 6. The summed E-state index contributed by atoms with van der Waals surface area (Å²) in [4.78, 5) is 0. The lowest BCUT2D eigenvalue weighted by atomic mass is 10.1. The van der Waals surface area contributed by atoms with Crippen molar-refractivity contribution in [1.29, 1.82) is 0 Å². The fourth-order valence-electron chi connectivity index (χ4n) is 0.673. The fraction of sp³-hybridized carbons (Fsp3) is 0.750. The van der Waals surface area contributed by atoms with Crippen LogP contribution in [0.2, 0.25) is 0 Å². The molecule has 0 aliphatic rings. The molecule has 0 atom stereocenters. The van der Waals surface area contributed by atoms with Crippen LogP contribution in [0.25, 0.3) is 0 Å². The van der Waals surface area contributed by atoms with Crippen molar-refractivity contribution in [2.24, 2.45) is 0 Å². The van der Waals surface area contributed by atoms with Crippen molar-refractivity contribution in [2.45, 2.75) is 12.8 Å². The SMILES string of the molecule is C=C(CCNC)CCOC. The molecule has 0 aromatic carbocycles. The molecule has 0 spiro atoms. The van der Waals surface area contributed by atoms with E-state index in [0.717, 1.165) is 26.0 Å². The first kappa shape index (κ1) is 9.66. The van der Waals surface area contributed by atoms with Gasteiger partial charge in [0.1, 0.15) is 0 Å². The second kappa shape index (κ2) is 6.78. The van der Waals surface area contributed by atoms with Crippen LogP contribution in [0.4, 0.5) is 0 Å². The molecule has 1 N–H and O–H groups in total. The quantitative estimate of drug-likeness (QED) is 0.564. The third-order valence-electron chi connectivity index (χ3n) is 1.39. The topological polar surface area (TPSA) is 21.3 Å². The summed E-state index contributed by atoms with van der Waals surface area (Å²) in [5.74, 6) is 0. The van der Waals surface area contributed by atoms with Crippen LogP contribution >= 0.6 is 0 Å². The normalized spacial score (nSPS) is 9.80. The van der Waals surface area contributed by atoms with Crippen molar-refractivity contribution in [2.75, 3.05) is 27.3 Å². The molecule has 10 heavy (non-hydrogen) atoms. The van der Waals surface area contributed by atoms with Crippen molar-refractivity contribution in [1.82, 2.24) is 5.32 Å². The van der Waals surface area contributed by atoms with Gasteiger partial charge in [-0.25, -0.2) is 0 Å². The minimum absolute atomic E-state index is 0.794. The van der Waals surface area contributed by atoms with Crippen LogP contribution < -0.4 is 5.32 Å². The van der Waals surface area contributed by atoms with Gasteiger partial charge in [0, 0.05) is 13.7 Å². The smallest absolute Gasteiger partial charge is 0.0499 e. The molecule has 0 aliphatic heterocycles. The minimum Gasteiger partial charge on any atom is -0.384 e. The van der Waals surface area contributed by atoms with E-state index in [1.807, 2.05) is 7.05 Å². The number of hydrogen-bond donors (Lipinski definition) is 1. The molecule has 0 fully saturated rings. The lowest BCUT2D eigenvalue weighted by molar-refractivity contribution is 0.201. The van der Waals surface area contributed by atoms with Gasteiger partial charge < -0.3 is 10.1 Å². The Kier molecular flexibility index (Phi) is 6.55. The summed E-state index contributed by atoms with van der Waals surface area (Å²) in [6.07, 6.45) is 2.04. The molecule has 0 saturated heterocycles. The van der Waals surface area contributed by atoms with Crippen molar-refractivity contribution in [3.63, 3.8) is 0 Å². The average molecular weight is 143 g/mol. The van der Waals surface area contributed by atoms with Gasteiger partial charge in [-0.05, 0) is 26.4 Å². The van der Waals surface area contributed by atoms with E-state index in [2.05, 4.69) is 11.9 Å². The first-order valence-electron chi connectivity index (χ1n) is 3.61. The number of ether oxygens (including phenoxy) is 1. The molecular formula is C8H17NO. The summed E-state index contributed by atoms with van der Waals surface area (Å²) in [6.45, 7) is 5.72. The molecule has 0 rings (SSSR count). The first-order valence-corrected chi connectivity index (χ1v) is 3.61. The Morgan fingerprint density at radius 2 is 2.20 bits per heavy atom. The highest BCUT2D eigenvalue weighted by Gasteiger charge is 1.91. The van der Waals surface area contributed by atoms with Gasteiger partial charge in [0.05, 0.1) is 0 Å². The largest absolute Gasteiger partial charge is 0.384 e. The van der Waals surface area contributed by atoms with Gasteiger partial charge in [0.25, 0.3) is 0 Å². The molecule has 0 aliphatic carbocycles. The highest BCUT2D eigenvalue weighted by Crippen LogP contribution is 2.01. The van der Waals surface area contributed by atoms with Crippen molar-refractivity contribution in [3.05, 3.63) is 12.2 Å². The summed E-state index contributed by atoms with van der Waals surface area (Å²) < 4.78 is 4.91. The van der Waals surface area contributed by atoms with Gasteiger partial charge in [0.15, 0.2) is 0 Å².